The third-order valence-electron chi connectivity index (χ3n) is 9.66. The van der Waals surface area contributed by atoms with E-state index in [1.807, 2.05) is 17.0 Å². The van der Waals surface area contributed by atoms with Crippen molar-refractivity contribution in [1.82, 2.24) is 15.5 Å². The van der Waals surface area contributed by atoms with Gasteiger partial charge in [-0.1, -0.05) is 70.7 Å². The number of nitrogens with zero attached hydrogens (tertiary/aromatic N) is 2. The van der Waals surface area contributed by atoms with E-state index in [4.69, 9.17) is 51.1 Å². The molecule has 11 heteroatoms. The Hall–Kier alpha value is -2.49. The number of aliphatic hydroxyl groups is 1. The highest BCUT2D eigenvalue weighted by atomic mass is 35.5. The summed E-state index contributed by atoms with van der Waals surface area (Å²) < 4.78 is 6.26. The minimum absolute atomic E-state index is 0.0643. The van der Waals surface area contributed by atoms with Gasteiger partial charge in [-0.3, -0.25) is 4.79 Å². The van der Waals surface area contributed by atoms with E-state index in [0.29, 0.717) is 51.0 Å². The normalized spacial score (nSPS) is 23.2. The van der Waals surface area contributed by atoms with Crippen LogP contribution in [0.25, 0.3) is 5.57 Å². The van der Waals surface area contributed by atoms with Crippen molar-refractivity contribution in [3.8, 4) is 5.75 Å². The number of hydrogen-bond acceptors (Lipinski definition) is 6. The maximum atomic E-state index is 14.5. The molecule has 47 heavy (non-hydrogen) atoms. The van der Waals surface area contributed by atoms with Crippen LogP contribution in [0.4, 0.5) is 5.69 Å². The molecule has 3 aromatic rings. The van der Waals surface area contributed by atoms with Crippen molar-refractivity contribution in [3.63, 3.8) is 0 Å². The summed E-state index contributed by atoms with van der Waals surface area (Å²) in [5.74, 6) is 0.522. The summed E-state index contributed by atoms with van der Waals surface area (Å²) in [5, 5.41) is 18.9. The van der Waals surface area contributed by atoms with E-state index in [9.17, 15) is 9.90 Å². The van der Waals surface area contributed by atoms with E-state index in [1.165, 1.54) is 0 Å². The number of carbonyl (C=O) groups is 1. The SMILES string of the molecule is C[C@@H](O)c1cc(Cl)c(O[C@@H]2CCN(c3ccc(C4=C(C(=O)N(Cc5cccc(Cl)c5Cl)C5CC5)[C@@H]5CNC[C@H](C4)N5)cc3)C2)c(Cl)c1. The molecular weight excluding hydrogens is 678 g/mol. The lowest BCUT2D eigenvalue weighted by molar-refractivity contribution is -0.128. The third kappa shape index (κ3) is 7.00. The van der Waals surface area contributed by atoms with Crippen molar-refractivity contribution in [1.29, 1.82) is 0 Å². The van der Waals surface area contributed by atoms with E-state index >= 15 is 0 Å². The van der Waals surface area contributed by atoms with Gasteiger partial charge >= 0.3 is 0 Å². The van der Waals surface area contributed by atoms with Crippen LogP contribution in [0.1, 0.15) is 55.4 Å². The fraction of sp³-hybridized carbons (Fsp3) is 0.417. The topological polar surface area (TPSA) is 77.1 Å². The van der Waals surface area contributed by atoms with Gasteiger partial charge in [0.05, 0.1) is 38.8 Å². The molecule has 2 bridgehead atoms. The second-order valence-electron chi connectivity index (χ2n) is 13.1. The Bertz CT molecular complexity index is 1670. The molecule has 3 N–H and O–H groups in total. The zero-order chi connectivity index (χ0) is 32.8. The number of anilines is 1. The van der Waals surface area contributed by atoms with E-state index in [-0.39, 0.29) is 30.1 Å². The molecule has 4 aliphatic rings. The molecule has 0 aromatic heterocycles. The van der Waals surface area contributed by atoms with Gasteiger partial charge in [-0.2, -0.15) is 0 Å². The van der Waals surface area contributed by atoms with Crippen LogP contribution < -0.4 is 20.3 Å². The van der Waals surface area contributed by atoms with Crippen molar-refractivity contribution in [2.75, 3.05) is 31.1 Å². The highest BCUT2D eigenvalue weighted by molar-refractivity contribution is 6.42. The molecule has 3 aliphatic heterocycles. The molecule has 1 saturated carbocycles. The smallest absolute Gasteiger partial charge is 0.252 e. The number of amides is 1. The number of rotatable bonds is 9. The molecule has 2 saturated heterocycles. The lowest BCUT2D eigenvalue weighted by Crippen LogP contribution is -2.60. The van der Waals surface area contributed by atoms with Crippen molar-refractivity contribution >= 4 is 63.6 Å². The van der Waals surface area contributed by atoms with Crippen molar-refractivity contribution in [2.24, 2.45) is 0 Å². The molecule has 0 spiro atoms. The first-order valence-corrected chi connectivity index (χ1v) is 17.8. The van der Waals surface area contributed by atoms with E-state index in [2.05, 4.69) is 39.8 Å². The van der Waals surface area contributed by atoms with Crippen LogP contribution in [0.3, 0.4) is 0 Å². The number of carbonyl (C=O) groups excluding carboxylic acids is 1. The standard InChI is InChI=1S/C36H38Cl4N4O3/c1-20(45)23-13-30(38)35(31(39)14-23)47-27-11-12-43(19-27)25-7-5-21(6-8-25)28-15-24-16-41-17-32(42-24)33(28)36(46)44(26-9-10-26)18-22-3-2-4-29(37)34(22)40/h2-8,13-14,20,24,26-27,32,41-42,45H,9-12,15-19H2,1H3/t20-,24+,27-,32+/m1/s1. The molecule has 1 aliphatic carbocycles. The third-order valence-corrected chi connectivity index (χ3v) is 11.1. The van der Waals surface area contributed by atoms with Gasteiger partial charge in [0.1, 0.15) is 6.10 Å². The highest BCUT2D eigenvalue weighted by Crippen LogP contribution is 2.40. The van der Waals surface area contributed by atoms with Gasteiger partial charge in [-0.15, -0.1) is 0 Å². The Kier molecular flexibility index (Phi) is 9.69. The molecule has 248 valence electrons. The molecule has 7 rings (SSSR count). The number of aliphatic hydroxyl groups excluding tert-OH is 1. The number of hydrogen-bond donors (Lipinski definition) is 3. The predicted molar refractivity (Wildman–Crippen MR) is 190 cm³/mol. The van der Waals surface area contributed by atoms with Crippen molar-refractivity contribution < 1.29 is 14.6 Å². The quantitative estimate of drug-likeness (QED) is 0.216. The van der Waals surface area contributed by atoms with Crippen molar-refractivity contribution in [2.45, 2.75) is 69.5 Å². The zero-order valence-corrected chi connectivity index (χ0v) is 29.1. The van der Waals surface area contributed by atoms with Crippen LogP contribution in [0.15, 0.2) is 60.2 Å². The summed E-state index contributed by atoms with van der Waals surface area (Å²) in [6.07, 6.45) is 2.84. The fourth-order valence-corrected chi connectivity index (χ4v) is 8.01. The first kappa shape index (κ1) is 33.0. The van der Waals surface area contributed by atoms with Crippen LogP contribution in [0.5, 0.6) is 5.75 Å². The Morgan fingerprint density at radius 2 is 1.77 bits per heavy atom. The highest BCUT2D eigenvalue weighted by Gasteiger charge is 2.41. The Morgan fingerprint density at radius 3 is 2.47 bits per heavy atom. The monoisotopic (exact) mass is 714 g/mol. The first-order valence-electron chi connectivity index (χ1n) is 16.3. The van der Waals surface area contributed by atoms with Gasteiger partial charge in [0, 0.05) is 55.9 Å². The molecule has 7 nitrogen and oxygen atoms in total. The van der Waals surface area contributed by atoms with Crippen LogP contribution in [0, 0.1) is 0 Å². The van der Waals surface area contributed by atoms with Gasteiger partial charge in [-0.05, 0) is 78.8 Å². The first-order chi connectivity index (χ1) is 22.7. The number of ether oxygens (including phenoxy) is 1. The molecule has 4 atom stereocenters. The second kappa shape index (κ2) is 13.8. The second-order valence-corrected chi connectivity index (χ2v) is 14.7. The summed E-state index contributed by atoms with van der Waals surface area (Å²) in [6, 6.07) is 18.0. The Balaban J connectivity index is 1.11. The van der Waals surface area contributed by atoms with Crippen LogP contribution >= 0.6 is 46.4 Å². The van der Waals surface area contributed by atoms with E-state index in [0.717, 1.165) is 66.7 Å². The number of nitrogens with one attached hydrogen (secondary N) is 2. The summed E-state index contributed by atoms with van der Waals surface area (Å²) in [7, 11) is 0. The molecule has 3 fully saturated rings. The van der Waals surface area contributed by atoms with Crippen LogP contribution in [-0.2, 0) is 11.3 Å². The molecule has 0 unspecified atom stereocenters. The van der Waals surface area contributed by atoms with Crippen LogP contribution in [0.2, 0.25) is 20.1 Å². The average Bonchev–Trinajstić information content (AvgIpc) is 3.79. The maximum absolute atomic E-state index is 14.5. The minimum atomic E-state index is -0.666. The summed E-state index contributed by atoms with van der Waals surface area (Å²) >= 11 is 25.9. The fourth-order valence-electron chi connectivity index (χ4n) is 7.03. The summed E-state index contributed by atoms with van der Waals surface area (Å²) in [4.78, 5) is 18.8. The zero-order valence-electron chi connectivity index (χ0n) is 26.1. The number of halogens is 4. The largest absolute Gasteiger partial charge is 0.485 e. The molecule has 0 radical (unpaired) electrons. The Labute approximate surface area is 295 Å². The number of piperazine rings is 1. The Morgan fingerprint density at radius 1 is 1.02 bits per heavy atom. The summed E-state index contributed by atoms with van der Waals surface area (Å²) in [6.45, 7) is 5.21. The molecule has 3 aromatic carbocycles. The number of benzene rings is 3. The van der Waals surface area contributed by atoms with Gasteiger partial charge in [0.25, 0.3) is 5.91 Å². The van der Waals surface area contributed by atoms with Gasteiger partial charge in [0.15, 0.2) is 5.75 Å². The number of fused-ring (bicyclic) bond motifs is 2. The lowest BCUT2D eigenvalue weighted by atomic mass is 9.83. The van der Waals surface area contributed by atoms with Gasteiger partial charge in [0.2, 0.25) is 0 Å². The maximum Gasteiger partial charge on any atom is 0.252 e. The van der Waals surface area contributed by atoms with Gasteiger partial charge < -0.3 is 30.3 Å². The summed E-state index contributed by atoms with van der Waals surface area (Å²) in [5.41, 5.74) is 5.66. The average molecular weight is 717 g/mol. The molecular formula is C36H38Cl4N4O3. The predicted octanol–water partition coefficient (Wildman–Crippen LogP) is 7.29. The lowest BCUT2D eigenvalue weighted by Gasteiger charge is -2.41. The van der Waals surface area contributed by atoms with Gasteiger partial charge in [-0.25, -0.2) is 0 Å². The van der Waals surface area contributed by atoms with E-state index in [1.54, 1.807) is 25.1 Å². The van der Waals surface area contributed by atoms with Crippen molar-refractivity contribution in [3.05, 3.63) is 97.0 Å². The molecule has 1 amide bonds. The molecule has 3 heterocycles. The van der Waals surface area contributed by atoms with Crippen LogP contribution in [-0.4, -0.2) is 66.3 Å². The minimum Gasteiger partial charge on any atom is -0.485 e. The van der Waals surface area contributed by atoms with E-state index < -0.39 is 6.10 Å².